The molecule has 1 aliphatic carbocycles. The van der Waals surface area contributed by atoms with Gasteiger partial charge in [-0.3, -0.25) is 29.2 Å². The average Bonchev–Trinajstić information content (AvgIpc) is 3.46. The first kappa shape index (κ1) is 20.3. The Balaban J connectivity index is 1.32. The lowest BCUT2D eigenvalue weighted by molar-refractivity contribution is -0.143. The number of likely N-dealkylation sites (tertiary alicyclic amines) is 2. The predicted octanol–water partition coefficient (Wildman–Crippen LogP) is 0.356. The lowest BCUT2D eigenvalue weighted by atomic mass is 9.85. The van der Waals surface area contributed by atoms with Gasteiger partial charge in [0.1, 0.15) is 6.54 Å². The maximum Gasteiger partial charge on any atom is 0.240 e. The molecule has 4 amide bonds. The monoisotopic (exact) mass is 413 g/mol. The van der Waals surface area contributed by atoms with Gasteiger partial charge in [0.15, 0.2) is 0 Å². The van der Waals surface area contributed by atoms with Crippen molar-refractivity contribution in [3.05, 3.63) is 30.1 Å². The number of carbonyl (C=O) groups is 4. The van der Waals surface area contributed by atoms with Crippen molar-refractivity contribution in [2.24, 2.45) is 11.8 Å². The summed E-state index contributed by atoms with van der Waals surface area (Å²) in [6.07, 6.45) is 7.20. The van der Waals surface area contributed by atoms with Crippen LogP contribution in [0.1, 0.15) is 38.8 Å². The predicted molar refractivity (Wildman–Crippen MR) is 107 cm³/mol. The Kier molecular flexibility index (Phi) is 5.21. The molecule has 0 saturated carbocycles. The van der Waals surface area contributed by atoms with Crippen molar-refractivity contribution in [1.29, 1.82) is 0 Å². The highest BCUT2D eigenvalue weighted by atomic mass is 16.2. The number of hydrogen-bond donors (Lipinski definition) is 2. The summed E-state index contributed by atoms with van der Waals surface area (Å²) < 4.78 is 0. The first-order valence-electron chi connectivity index (χ1n) is 10.4. The summed E-state index contributed by atoms with van der Waals surface area (Å²) in [5, 5.41) is 9.66. The molecule has 1 aromatic heterocycles. The number of nitrogens with one attached hydrogen (secondary N) is 2. The Morgan fingerprint density at radius 1 is 1.20 bits per heavy atom. The number of hydrogen-bond acceptors (Lipinski definition) is 5. The van der Waals surface area contributed by atoms with E-state index in [0.717, 1.165) is 10.6 Å². The number of fused-ring (bicyclic) bond motifs is 1. The molecule has 2 aliphatic heterocycles. The van der Waals surface area contributed by atoms with Crippen molar-refractivity contribution in [2.75, 3.05) is 19.6 Å². The lowest BCUT2D eigenvalue weighted by Gasteiger charge is -2.28. The molecule has 0 spiro atoms. The Bertz CT molecular complexity index is 865. The molecule has 4 rings (SSSR count). The van der Waals surface area contributed by atoms with Gasteiger partial charge >= 0.3 is 0 Å². The molecule has 2 N–H and O–H groups in total. The van der Waals surface area contributed by atoms with Crippen LogP contribution >= 0.6 is 0 Å². The van der Waals surface area contributed by atoms with E-state index in [9.17, 15) is 19.2 Å². The van der Waals surface area contributed by atoms with Crippen LogP contribution in [0.5, 0.6) is 0 Å². The molecule has 160 valence electrons. The van der Waals surface area contributed by atoms with E-state index in [1.807, 2.05) is 26.0 Å². The van der Waals surface area contributed by atoms with E-state index in [0.29, 0.717) is 32.4 Å². The molecule has 3 aliphatic rings. The fourth-order valence-corrected chi connectivity index (χ4v) is 4.62. The number of allylic oxidation sites excluding steroid dienone is 2. The Morgan fingerprint density at radius 2 is 1.87 bits per heavy atom. The zero-order valence-electron chi connectivity index (χ0n) is 17.3. The van der Waals surface area contributed by atoms with E-state index in [4.69, 9.17) is 0 Å². The first-order chi connectivity index (χ1) is 14.3. The normalized spacial score (nSPS) is 26.3. The van der Waals surface area contributed by atoms with E-state index in [1.165, 1.54) is 0 Å². The van der Waals surface area contributed by atoms with Gasteiger partial charge in [-0.1, -0.05) is 12.2 Å². The highest BCUT2D eigenvalue weighted by Gasteiger charge is 2.48. The molecule has 30 heavy (non-hydrogen) atoms. The summed E-state index contributed by atoms with van der Waals surface area (Å²) in [5.74, 6) is -1.58. The molecule has 2 fully saturated rings. The maximum absolute atomic E-state index is 13.0. The largest absolute Gasteiger partial charge is 0.350 e. The minimum Gasteiger partial charge on any atom is -0.350 e. The van der Waals surface area contributed by atoms with Gasteiger partial charge < -0.3 is 10.2 Å². The summed E-state index contributed by atoms with van der Waals surface area (Å²) in [7, 11) is 0. The number of aromatic nitrogens is 2. The molecular formula is C21H27N5O4. The number of H-pyrrole nitrogens is 1. The minimum absolute atomic E-state index is 0.0371. The summed E-state index contributed by atoms with van der Waals surface area (Å²) in [6.45, 7) is 4.37. The van der Waals surface area contributed by atoms with Crippen molar-refractivity contribution in [2.45, 2.75) is 44.6 Å². The number of imide groups is 1. The van der Waals surface area contributed by atoms with E-state index >= 15 is 0 Å². The number of nitrogens with zero attached hydrogens (tertiary/aromatic N) is 3. The Labute approximate surface area is 174 Å². The number of aromatic amines is 1. The van der Waals surface area contributed by atoms with Gasteiger partial charge in [-0.15, -0.1) is 0 Å². The van der Waals surface area contributed by atoms with Crippen LogP contribution in [0.4, 0.5) is 0 Å². The zero-order chi connectivity index (χ0) is 21.5. The fourth-order valence-electron chi connectivity index (χ4n) is 4.62. The lowest BCUT2D eigenvalue weighted by Crippen LogP contribution is -2.47. The van der Waals surface area contributed by atoms with Crippen molar-refractivity contribution < 1.29 is 19.2 Å². The summed E-state index contributed by atoms with van der Waals surface area (Å²) in [5.41, 5.74) is -0.00398. The third-order valence-corrected chi connectivity index (χ3v) is 6.45. The van der Waals surface area contributed by atoms with E-state index in [1.54, 1.807) is 17.2 Å². The van der Waals surface area contributed by atoms with Gasteiger partial charge in [-0.05, 0) is 39.2 Å². The molecule has 3 atom stereocenters. The molecule has 1 aromatic rings. The standard InChI is InChI=1S/C21H27N5O4/c1-21(2,16-7-9-22-24-16)20(30)25-10-8-13(11-25)23-17(27)12-26-18(28)14-5-3-4-6-15(14)19(26)29/h3-4,7,9,13-15H,5-6,8,10-12H2,1-2H3,(H,22,24)(H,23,27)/t13-,14-,15+/m0/s1. The Morgan fingerprint density at radius 3 is 2.47 bits per heavy atom. The van der Waals surface area contributed by atoms with Crippen molar-refractivity contribution in [3.63, 3.8) is 0 Å². The minimum atomic E-state index is -0.742. The average molecular weight is 413 g/mol. The molecular weight excluding hydrogens is 386 g/mol. The molecule has 0 bridgehead atoms. The van der Waals surface area contributed by atoms with Crippen LogP contribution in [-0.2, 0) is 24.6 Å². The van der Waals surface area contributed by atoms with Crippen LogP contribution in [-0.4, -0.2) is 69.3 Å². The SMILES string of the molecule is CC(C)(C(=O)N1CC[C@H](NC(=O)CN2C(=O)[C@H]3CC=CC[C@H]3C2=O)C1)c1ccn[nH]1. The van der Waals surface area contributed by atoms with Crippen LogP contribution < -0.4 is 5.32 Å². The highest BCUT2D eigenvalue weighted by molar-refractivity contribution is 6.07. The molecule has 3 heterocycles. The van der Waals surface area contributed by atoms with Crippen LogP contribution in [0.15, 0.2) is 24.4 Å². The quantitative estimate of drug-likeness (QED) is 0.534. The third-order valence-electron chi connectivity index (χ3n) is 6.45. The molecule has 2 saturated heterocycles. The molecule has 9 heteroatoms. The van der Waals surface area contributed by atoms with Gasteiger partial charge in [0.05, 0.1) is 22.9 Å². The molecule has 0 radical (unpaired) electrons. The zero-order valence-corrected chi connectivity index (χ0v) is 17.3. The van der Waals surface area contributed by atoms with Gasteiger partial charge in [-0.25, -0.2) is 0 Å². The van der Waals surface area contributed by atoms with E-state index in [-0.39, 0.29) is 48.1 Å². The Hall–Kier alpha value is -2.97. The number of amides is 4. The fraction of sp³-hybridized carbons (Fsp3) is 0.571. The highest BCUT2D eigenvalue weighted by Crippen LogP contribution is 2.34. The second-order valence-corrected chi connectivity index (χ2v) is 8.82. The second-order valence-electron chi connectivity index (χ2n) is 8.82. The number of rotatable bonds is 5. The molecule has 9 nitrogen and oxygen atoms in total. The molecule has 0 aromatic carbocycles. The first-order valence-corrected chi connectivity index (χ1v) is 10.4. The van der Waals surface area contributed by atoms with Gasteiger partial charge in [0.2, 0.25) is 23.6 Å². The maximum atomic E-state index is 13.0. The molecule has 0 unspecified atom stereocenters. The van der Waals surface area contributed by atoms with Crippen molar-refractivity contribution >= 4 is 23.6 Å². The smallest absolute Gasteiger partial charge is 0.240 e. The van der Waals surface area contributed by atoms with Crippen LogP contribution in [0, 0.1) is 11.8 Å². The van der Waals surface area contributed by atoms with Gasteiger partial charge in [-0.2, -0.15) is 5.10 Å². The van der Waals surface area contributed by atoms with E-state index in [2.05, 4.69) is 15.5 Å². The summed E-state index contributed by atoms with van der Waals surface area (Å²) in [4.78, 5) is 53.4. The third kappa shape index (κ3) is 3.53. The van der Waals surface area contributed by atoms with Crippen LogP contribution in [0.25, 0.3) is 0 Å². The van der Waals surface area contributed by atoms with Crippen LogP contribution in [0.2, 0.25) is 0 Å². The van der Waals surface area contributed by atoms with Crippen molar-refractivity contribution in [3.8, 4) is 0 Å². The van der Waals surface area contributed by atoms with Gasteiger partial charge in [0, 0.05) is 25.3 Å². The topological polar surface area (TPSA) is 115 Å². The van der Waals surface area contributed by atoms with Crippen molar-refractivity contribution in [1.82, 2.24) is 25.3 Å². The summed E-state index contributed by atoms with van der Waals surface area (Å²) in [6, 6.07) is 1.58. The van der Waals surface area contributed by atoms with Gasteiger partial charge in [0.25, 0.3) is 0 Å². The number of carbonyl (C=O) groups excluding carboxylic acids is 4. The second kappa shape index (κ2) is 7.70. The summed E-state index contributed by atoms with van der Waals surface area (Å²) >= 11 is 0. The van der Waals surface area contributed by atoms with Crippen LogP contribution in [0.3, 0.4) is 0 Å². The van der Waals surface area contributed by atoms with E-state index < -0.39 is 5.41 Å².